The number of anilines is 1. The standard InChI is InChI=1S/C33H44FN7O3S2/c1-6-30(33(44)36-17-22-7-8-22)35-18-27(16-28-19-45-20-37-28)39-32(43)25-13-24(14-29(15-25)41(5)46-40(3)4)31(42)38-21(2)23-9-11-26(34)12-10-23/h9-15,19-22,27,30,35H,6-8,16-18H2,1-5H3,(H,36,44)(H,38,42)(H,39,43)/t21-,27+,30+/m1/s1. The van der Waals surface area contributed by atoms with Gasteiger partial charge in [-0.05, 0) is 82.1 Å². The van der Waals surface area contributed by atoms with Crippen molar-refractivity contribution in [3.05, 3.63) is 81.6 Å². The molecule has 1 heterocycles. The Kier molecular flexibility index (Phi) is 13.0. The van der Waals surface area contributed by atoms with Gasteiger partial charge in [0, 0.05) is 66.9 Å². The van der Waals surface area contributed by atoms with Crippen LogP contribution in [0.15, 0.2) is 53.4 Å². The lowest BCUT2D eigenvalue weighted by atomic mass is 10.0. The number of rotatable bonds is 17. The molecule has 1 aromatic heterocycles. The second kappa shape index (κ2) is 16.9. The second-order valence-electron chi connectivity index (χ2n) is 11.8. The summed E-state index contributed by atoms with van der Waals surface area (Å²) in [6, 6.07) is 9.90. The average Bonchev–Trinajstić information content (AvgIpc) is 3.72. The molecule has 13 heteroatoms. The van der Waals surface area contributed by atoms with Crippen molar-refractivity contribution in [3.8, 4) is 0 Å². The SMILES string of the molecule is CC[C@H](NC[C@H](Cc1cscn1)NC(=O)c1cc(C(=O)N[C@H](C)c2ccc(F)cc2)cc(N(C)SN(C)C)c1)C(=O)NCC1CC1. The van der Waals surface area contributed by atoms with Gasteiger partial charge in [-0.25, -0.2) is 13.7 Å². The van der Waals surface area contributed by atoms with Crippen LogP contribution in [-0.2, 0) is 11.2 Å². The maximum Gasteiger partial charge on any atom is 0.251 e. The molecule has 3 atom stereocenters. The summed E-state index contributed by atoms with van der Waals surface area (Å²) in [4.78, 5) is 44.5. The van der Waals surface area contributed by atoms with Crippen LogP contribution in [0.25, 0.3) is 0 Å². The summed E-state index contributed by atoms with van der Waals surface area (Å²) in [7, 11) is 5.67. The first-order valence-corrected chi connectivity index (χ1v) is 17.2. The molecule has 1 aliphatic carbocycles. The highest BCUT2D eigenvalue weighted by atomic mass is 32.2. The Morgan fingerprint density at radius 1 is 1.04 bits per heavy atom. The van der Waals surface area contributed by atoms with Crippen LogP contribution in [0.2, 0.25) is 0 Å². The minimum absolute atomic E-state index is 0.0345. The number of hydrogen-bond donors (Lipinski definition) is 4. The number of carbonyl (C=O) groups excluding carboxylic acids is 3. The monoisotopic (exact) mass is 669 g/mol. The first-order chi connectivity index (χ1) is 22.0. The molecule has 0 aliphatic heterocycles. The topological polar surface area (TPSA) is 119 Å². The van der Waals surface area contributed by atoms with Gasteiger partial charge in [0.2, 0.25) is 5.91 Å². The number of aromatic nitrogens is 1. The molecule has 1 saturated carbocycles. The Bertz CT molecular complexity index is 1450. The number of nitrogens with zero attached hydrogens (tertiary/aromatic N) is 3. The molecule has 0 unspecified atom stereocenters. The van der Waals surface area contributed by atoms with Gasteiger partial charge in [0.05, 0.1) is 23.3 Å². The second-order valence-corrected chi connectivity index (χ2v) is 14.0. The van der Waals surface area contributed by atoms with E-state index in [1.165, 1.54) is 35.6 Å². The molecular weight excluding hydrogens is 626 g/mol. The van der Waals surface area contributed by atoms with E-state index in [1.807, 2.05) is 49.0 Å². The van der Waals surface area contributed by atoms with E-state index < -0.39 is 0 Å². The van der Waals surface area contributed by atoms with Crippen molar-refractivity contribution in [3.63, 3.8) is 0 Å². The number of thiazole rings is 1. The summed E-state index contributed by atoms with van der Waals surface area (Å²) >= 11 is 2.90. The summed E-state index contributed by atoms with van der Waals surface area (Å²) in [5.74, 6) is -0.508. The van der Waals surface area contributed by atoms with Gasteiger partial charge in [0.15, 0.2) is 0 Å². The molecule has 0 radical (unpaired) electrons. The largest absolute Gasteiger partial charge is 0.354 e. The fourth-order valence-electron chi connectivity index (χ4n) is 4.89. The first-order valence-electron chi connectivity index (χ1n) is 15.5. The lowest BCUT2D eigenvalue weighted by Gasteiger charge is -2.24. The third kappa shape index (κ3) is 10.8. The molecule has 4 N–H and O–H groups in total. The molecule has 2 aromatic carbocycles. The van der Waals surface area contributed by atoms with Crippen molar-refractivity contribution in [2.24, 2.45) is 5.92 Å². The van der Waals surface area contributed by atoms with Gasteiger partial charge in [0.25, 0.3) is 11.8 Å². The highest BCUT2D eigenvalue weighted by Crippen LogP contribution is 2.28. The van der Waals surface area contributed by atoms with Crippen molar-refractivity contribution in [2.45, 2.75) is 57.7 Å². The minimum Gasteiger partial charge on any atom is -0.354 e. The van der Waals surface area contributed by atoms with E-state index in [0.29, 0.717) is 48.7 Å². The van der Waals surface area contributed by atoms with E-state index in [9.17, 15) is 18.8 Å². The first kappa shape index (κ1) is 35.3. The Morgan fingerprint density at radius 3 is 2.30 bits per heavy atom. The quantitative estimate of drug-likeness (QED) is 0.155. The number of carbonyl (C=O) groups is 3. The van der Waals surface area contributed by atoms with Gasteiger partial charge < -0.3 is 25.6 Å². The lowest BCUT2D eigenvalue weighted by Crippen LogP contribution is -2.50. The number of hydrogen-bond acceptors (Lipinski definition) is 9. The number of nitrogens with one attached hydrogen (secondary N) is 4. The van der Waals surface area contributed by atoms with E-state index in [0.717, 1.165) is 24.1 Å². The Labute approximate surface area is 279 Å². The van der Waals surface area contributed by atoms with E-state index in [4.69, 9.17) is 0 Å². The van der Waals surface area contributed by atoms with Crippen LogP contribution in [-0.4, -0.2) is 73.3 Å². The number of amides is 3. The molecular formula is C33H44FN7O3S2. The van der Waals surface area contributed by atoms with E-state index in [1.54, 1.807) is 35.8 Å². The predicted molar refractivity (Wildman–Crippen MR) is 183 cm³/mol. The van der Waals surface area contributed by atoms with Gasteiger partial charge in [-0.3, -0.25) is 14.4 Å². The number of benzene rings is 2. The highest BCUT2D eigenvalue weighted by molar-refractivity contribution is 7.98. The van der Waals surface area contributed by atoms with Crippen molar-refractivity contribution in [1.82, 2.24) is 30.6 Å². The van der Waals surface area contributed by atoms with E-state index in [2.05, 4.69) is 26.3 Å². The molecule has 0 bridgehead atoms. The van der Waals surface area contributed by atoms with E-state index in [-0.39, 0.29) is 41.7 Å². The highest BCUT2D eigenvalue weighted by Gasteiger charge is 2.25. The maximum absolute atomic E-state index is 13.8. The summed E-state index contributed by atoms with van der Waals surface area (Å²) in [5.41, 5.74) is 4.65. The number of halogens is 1. The molecule has 4 rings (SSSR count). The maximum atomic E-state index is 13.8. The van der Waals surface area contributed by atoms with Gasteiger partial charge in [-0.15, -0.1) is 11.3 Å². The molecule has 1 fully saturated rings. The normalized spacial score (nSPS) is 14.8. The Morgan fingerprint density at radius 2 is 1.72 bits per heavy atom. The Hall–Kier alpha value is -3.52. The predicted octanol–water partition coefficient (Wildman–Crippen LogP) is 4.57. The Balaban J connectivity index is 1.53. The van der Waals surface area contributed by atoms with Crippen molar-refractivity contribution in [1.29, 1.82) is 0 Å². The van der Waals surface area contributed by atoms with Crippen molar-refractivity contribution in [2.75, 3.05) is 38.5 Å². The minimum atomic E-state index is -0.385. The van der Waals surface area contributed by atoms with Gasteiger partial charge in [-0.1, -0.05) is 19.1 Å². The summed E-state index contributed by atoms with van der Waals surface area (Å²) in [6.45, 7) is 4.84. The molecule has 10 nitrogen and oxygen atoms in total. The summed E-state index contributed by atoms with van der Waals surface area (Å²) in [5, 5.41) is 14.4. The lowest BCUT2D eigenvalue weighted by molar-refractivity contribution is -0.123. The fraction of sp³-hybridized carbons (Fsp3) is 0.455. The molecule has 0 spiro atoms. The van der Waals surface area contributed by atoms with Crippen molar-refractivity contribution >= 4 is 46.9 Å². The molecule has 1 aliphatic rings. The third-order valence-electron chi connectivity index (χ3n) is 7.68. The van der Waals surface area contributed by atoms with Gasteiger partial charge in [0.1, 0.15) is 5.82 Å². The molecule has 3 aromatic rings. The smallest absolute Gasteiger partial charge is 0.251 e. The fourth-order valence-corrected chi connectivity index (χ4v) is 6.15. The van der Waals surface area contributed by atoms with Crippen LogP contribution in [0.1, 0.15) is 71.1 Å². The van der Waals surface area contributed by atoms with Crippen LogP contribution < -0.4 is 25.6 Å². The molecule has 3 amide bonds. The third-order valence-corrected chi connectivity index (χ3v) is 9.10. The summed E-state index contributed by atoms with van der Waals surface area (Å²) in [6.07, 6.45) is 3.41. The molecule has 46 heavy (non-hydrogen) atoms. The zero-order valence-electron chi connectivity index (χ0n) is 27.0. The van der Waals surface area contributed by atoms with Crippen LogP contribution in [0.4, 0.5) is 10.1 Å². The van der Waals surface area contributed by atoms with Crippen LogP contribution >= 0.6 is 23.5 Å². The molecule has 0 saturated heterocycles. The van der Waals surface area contributed by atoms with Crippen molar-refractivity contribution < 1.29 is 18.8 Å². The van der Waals surface area contributed by atoms with Crippen LogP contribution in [0.3, 0.4) is 0 Å². The van der Waals surface area contributed by atoms with Gasteiger partial charge >= 0.3 is 0 Å². The van der Waals surface area contributed by atoms with Crippen LogP contribution in [0.5, 0.6) is 0 Å². The van der Waals surface area contributed by atoms with Crippen LogP contribution in [0, 0.1) is 11.7 Å². The summed E-state index contributed by atoms with van der Waals surface area (Å²) < 4.78 is 17.2. The van der Waals surface area contributed by atoms with Gasteiger partial charge in [-0.2, -0.15) is 0 Å². The average molecular weight is 670 g/mol. The van der Waals surface area contributed by atoms with E-state index >= 15 is 0 Å². The zero-order chi connectivity index (χ0) is 33.2. The molecule has 248 valence electrons. The zero-order valence-corrected chi connectivity index (χ0v) is 28.6.